The molecule has 1 aliphatic heterocycles. The van der Waals surface area contributed by atoms with Crippen LogP contribution in [0.5, 0.6) is 0 Å². The fourth-order valence-corrected chi connectivity index (χ4v) is 3.81. The second-order valence-electron chi connectivity index (χ2n) is 7.65. The van der Waals surface area contributed by atoms with Crippen molar-refractivity contribution >= 4 is 34.7 Å². The second-order valence-corrected chi connectivity index (χ2v) is 7.65. The largest absolute Gasteiger partial charge is 0.372 e. The maximum atomic E-state index is 10.9. The highest BCUT2D eigenvalue weighted by atomic mass is 16.1. The summed E-state index contributed by atoms with van der Waals surface area (Å²) in [4.78, 5) is 15.4. The van der Waals surface area contributed by atoms with Gasteiger partial charge in [-0.25, -0.2) is 0 Å². The van der Waals surface area contributed by atoms with Crippen LogP contribution in [-0.4, -0.2) is 26.4 Å². The number of azo groups is 1. The van der Waals surface area contributed by atoms with Crippen molar-refractivity contribution < 1.29 is 4.79 Å². The van der Waals surface area contributed by atoms with E-state index in [1.807, 2.05) is 61.6 Å². The van der Waals surface area contributed by atoms with Gasteiger partial charge in [0.2, 0.25) is 0 Å². The van der Waals surface area contributed by atoms with E-state index in [9.17, 15) is 4.79 Å². The number of anilines is 3. The number of aryl methyl sites for hydroxylation is 1. The maximum absolute atomic E-state index is 10.9. The minimum Gasteiger partial charge on any atom is -0.372 e. The number of hydrogen-bond donors (Lipinski definition) is 0. The van der Waals surface area contributed by atoms with E-state index in [1.54, 1.807) is 0 Å². The molecule has 1 aliphatic rings. The molecule has 0 aliphatic carbocycles. The van der Waals surface area contributed by atoms with Gasteiger partial charge in [-0.1, -0.05) is 0 Å². The van der Waals surface area contributed by atoms with Crippen molar-refractivity contribution in [3.8, 4) is 0 Å². The Balaban J connectivity index is 1.46. The van der Waals surface area contributed by atoms with Crippen molar-refractivity contribution in [2.45, 2.75) is 19.8 Å². The summed E-state index contributed by atoms with van der Waals surface area (Å²) in [7, 11) is 2.02. The first kappa shape index (κ1) is 19.8. The first-order valence-corrected chi connectivity index (χ1v) is 10.3. The van der Waals surface area contributed by atoms with Gasteiger partial charge in [-0.15, -0.1) is 0 Å². The van der Waals surface area contributed by atoms with E-state index in [0.717, 1.165) is 47.7 Å². The van der Waals surface area contributed by atoms with Crippen LogP contribution in [0.2, 0.25) is 0 Å². The van der Waals surface area contributed by atoms with E-state index < -0.39 is 0 Å². The molecule has 0 saturated carbocycles. The van der Waals surface area contributed by atoms with Crippen molar-refractivity contribution in [1.29, 1.82) is 0 Å². The summed E-state index contributed by atoms with van der Waals surface area (Å²) in [6.45, 7) is 4.35. The fourth-order valence-electron chi connectivity index (χ4n) is 3.81. The zero-order valence-electron chi connectivity index (χ0n) is 17.5. The number of nitrogens with zero attached hydrogens (tertiary/aromatic N) is 4. The van der Waals surface area contributed by atoms with E-state index >= 15 is 0 Å². The fraction of sp³-hybridized carbons (Fsp3) is 0.240. The molecular weight excluding hydrogens is 372 g/mol. The van der Waals surface area contributed by atoms with Crippen LogP contribution in [0.1, 0.15) is 28.8 Å². The van der Waals surface area contributed by atoms with Gasteiger partial charge in [0.1, 0.15) is 6.29 Å². The Hall–Kier alpha value is -3.47. The molecule has 1 saturated heterocycles. The molecule has 1 fully saturated rings. The van der Waals surface area contributed by atoms with Gasteiger partial charge in [0.05, 0.1) is 11.4 Å². The minimum atomic E-state index is 0.674. The SMILES string of the molecule is Cc1cc(N=Nc2ccc(N3CCCC3)cc2)ccc1N(C)c1ccc(C=O)cc1. The number of benzene rings is 3. The topological polar surface area (TPSA) is 48.3 Å². The van der Waals surface area contributed by atoms with E-state index in [0.29, 0.717) is 5.56 Å². The first-order valence-electron chi connectivity index (χ1n) is 10.3. The molecule has 1 heterocycles. The number of aldehydes is 1. The summed E-state index contributed by atoms with van der Waals surface area (Å²) >= 11 is 0. The highest BCUT2D eigenvalue weighted by molar-refractivity contribution is 5.77. The van der Waals surface area contributed by atoms with Crippen LogP contribution in [0.15, 0.2) is 77.0 Å². The average Bonchev–Trinajstić information content (AvgIpc) is 3.33. The Labute approximate surface area is 177 Å². The summed E-state index contributed by atoms with van der Waals surface area (Å²) < 4.78 is 0. The molecule has 0 amide bonds. The lowest BCUT2D eigenvalue weighted by atomic mass is 10.1. The standard InChI is InChI=1S/C25H26N4O/c1-19-17-22(9-14-25(19)28(2)23-10-5-20(18-30)6-11-23)27-26-21-7-12-24(13-8-21)29-15-3-4-16-29/h5-14,17-18H,3-4,15-16H2,1-2H3. The molecular formula is C25H26N4O. The summed E-state index contributed by atoms with van der Waals surface area (Å²) in [6.07, 6.45) is 3.40. The van der Waals surface area contributed by atoms with Crippen molar-refractivity contribution in [3.63, 3.8) is 0 Å². The van der Waals surface area contributed by atoms with Gasteiger partial charge in [-0.3, -0.25) is 4.79 Å². The second kappa shape index (κ2) is 8.91. The number of rotatable bonds is 6. The molecule has 0 unspecified atom stereocenters. The Morgan fingerprint density at radius 2 is 1.50 bits per heavy atom. The van der Waals surface area contributed by atoms with Crippen LogP contribution in [-0.2, 0) is 0 Å². The highest BCUT2D eigenvalue weighted by Crippen LogP contribution is 2.31. The molecule has 0 atom stereocenters. The van der Waals surface area contributed by atoms with Crippen LogP contribution < -0.4 is 9.80 Å². The third-order valence-corrected chi connectivity index (χ3v) is 5.56. The highest BCUT2D eigenvalue weighted by Gasteiger charge is 2.12. The molecule has 0 spiro atoms. The molecule has 0 N–H and O–H groups in total. The Morgan fingerprint density at radius 1 is 0.867 bits per heavy atom. The molecule has 5 nitrogen and oxygen atoms in total. The van der Waals surface area contributed by atoms with Gasteiger partial charge < -0.3 is 9.80 Å². The van der Waals surface area contributed by atoms with Gasteiger partial charge in [0.25, 0.3) is 0 Å². The van der Waals surface area contributed by atoms with E-state index in [2.05, 4.69) is 39.1 Å². The normalized spacial score (nSPS) is 13.7. The zero-order valence-corrected chi connectivity index (χ0v) is 17.5. The monoisotopic (exact) mass is 398 g/mol. The quantitative estimate of drug-likeness (QED) is 0.347. The van der Waals surface area contributed by atoms with Crippen LogP contribution in [0.3, 0.4) is 0 Å². The zero-order chi connectivity index (χ0) is 20.9. The molecule has 5 heteroatoms. The van der Waals surface area contributed by atoms with Crippen molar-refractivity contribution in [3.05, 3.63) is 77.9 Å². The summed E-state index contributed by atoms with van der Waals surface area (Å²) in [5.41, 5.74) is 6.83. The molecule has 4 rings (SSSR count). The van der Waals surface area contributed by atoms with Crippen LogP contribution in [0.4, 0.5) is 28.4 Å². The molecule has 0 aromatic heterocycles. The Bertz CT molecular complexity index is 1040. The van der Waals surface area contributed by atoms with Gasteiger partial charge in [0.15, 0.2) is 0 Å². The lowest BCUT2D eigenvalue weighted by Gasteiger charge is -2.22. The van der Waals surface area contributed by atoms with Crippen molar-refractivity contribution in [2.75, 3.05) is 29.9 Å². The van der Waals surface area contributed by atoms with E-state index in [4.69, 9.17) is 0 Å². The predicted octanol–water partition coefficient (Wildman–Crippen LogP) is 6.59. The van der Waals surface area contributed by atoms with Crippen LogP contribution >= 0.6 is 0 Å². The average molecular weight is 399 g/mol. The van der Waals surface area contributed by atoms with Crippen LogP contribution in [0, 0.1) is 6.92 Å². The first-order chi connectivity index (χ1) is 14.6. The van der Waals surface area contributed by atoms with Gasteiger partial charge in [-0.05, 0) is 92.1 Å². The molecule has 0 radical (unpaired) electrons. The molecule has 3 aromatic carbocycles. The van der Waals surface area contributed by atoms with Crippen molar-refractivity contribution in [1.82, 2.24) is 0 Å². The number of carbonyl (C=O) groups is 1. The third-order valence-electron chi connectivity index (χ3n) is 5.56. The van der Waals surface area contributed by atoms with E-state index in [1.165, 1.54) is 18.5 Å². The lowest BCUT2D eigenvalue weighted by Crippen LogP contribution is -2.17. The maximum Gasteiger partial charge on any atom is 0.150 e. The lowest BCUT2D eigenvalue weighted by molar-refractivity contribution is 0.112. The summed E-state index contributed by atoms with van der Waals surface area (Å²) in [5, 5.41) is 8.81. The molecule has 3 aromatic rings. The van der Waals surface area contributed by atoms with Gasteiger partial charge in [-0.2, -0.15) is 10.2 Å². The number of hydrogen-bond acceptors (Lipinski definition) is 5. The predicted molar refractivity (Wildman–Crippen MR) is 123 cm³/mol. The third kappa shape index (κ3) is 4.40. The number of carbonyl (C=O) groups excluding carboxylic acids is 1. The van der Waals surface area contributed by atoms with Crippen LogP contribution in [0.25, 0.3) is 0 Å². The van der Waals surface area contributed by atoms with E-state index in [-0.39, 0.29) is 0 Å². The van der Waals surface area contributed by atoms with Crippen molar-refractivity contribution in [2.24, 2.45) is 10.2 Å². The summed E-state index contributed by atoms with van der Waals surface area (Å²) in [6, 6.07) is 21.9. The van der Waals surface area contributed by atoms with Gasteiger partial charge in [0, 0.05) is 42.8 Å². The molecule has 30 heavy (non-hydrogen) atoms. The molecule has 152 valence electrons. The smallest absolute Gasteiger partial charge is 0.150 e. The van der Waals surface area contributed by atoms with Gasteiger partial charge >= 0.3 is 0 Å². The Morgan fingerprint density at radius 3 is 2.13 bits per heavy atom. The minimum absolute atomic E-state index is 0.674. The molecule has 0 bridgehead atoms. The Kier molecular flexibility index (Phi) is 5.89. The summed E-state index contributed by atoms with van der Waals surface area (Å²) in [5.74, 6) is 0.